The molecule has 1 aromatic heterocycles. The fourth-order valence-corrected chi connectivity index (χ4v) is 4.55. The van der Waals surface area contributed by atoms with Gasteiger partial charge in [0.05, 0.1) is 0 Å². The fraction of sp³-hybridized carbons (Fsp3) is 0.417. The molecular weight excluding hydrogens is 360 g/mol. The van der Waals surface area contributed by atoms with E-state index >= 15 is 0 Å². The Balaban J connectivity index is 1.37. The lowest BCUT2D eigenvalue weighted by Gasteiger charge is -2.28. The number of pyridine rings is 1. The summed E-state index contributed by atoms with van der Waals surface area (Å²) in [5.74, 6) is -0.131. The minimum Gasteiger partial charge on any atom is -0.370 e. The first-order chi connectivity index (χ1) is 14.1. The fourth-order valence-electron chi connectivity index (χ4n) is 4.55. The van der Waals surface area contributed by atoms with Crippen LogP contribution in [0.15, 0.2) is 48.8 Å². The first-order valence-electron chi connectivity index (χ1n) is 10.6. The molecule has 1 aromatic carbocycles. The number of hydrogen-bond acceptors (Lipinski definition) is 4. The topological polar surface area (TPSA) is 48.5 Å². The molecule has 3 heterocycles. The van der Waals surface area contributed by atoms with Gasteiger partial charge in [-0.25, -0.2) is 0 Å². The molecule has 2 aliphatic heterocycles. The average molecular weight is 391 g/mol. The maximum atomic E-state index is 12.3. The number of anilines is 2. The molecule has 0 saturated carbocycles. The van der Waals surface area contributed by atoms with Crippen molar-refractivity contribution in [1.82, 2.24) is 9.88 Å². The summed E-state index contributed by atoms with van der Waals surface area (Å²) in [5, 5.41) is 2.98. The minimum atomic E-state index is -0.131. The number of aryl methyl sites for hydroxylation is 1. The van der Waals surface area contributed by atoms with Gasteiger partial charge in [-0.3, -0.25) is 14.7 Å². The minimum absolute atomic E-state index is 0.131. The van der Waals surface area contributed by atoms with Crippen molar-refractivity contribution < 1.29 is 4.79 Å². The van der Waals surface area contributed by atoms with E-state index in [-0.39, 0.29) is 5.91 Å². The number of aromatic nitrogens is 1. The van der Waals surface area contributed by atoms with Crippen molar-refractivity contribution in [1.29, 1.82) is 0 Å². The predicted molar refractivity (Wildman–Crippen MR) is 119 cm³/mol. The molecule has 1 N–H and O–H groups in total. The van der Waals surface area contributed by atoms with Crippen LogP contribution in [-0.4, -0.2) is 47.5 Å². The maximum absolute atomic E-state index is 12.3. The van der Waals surface area contributed by atoms with E-state index in [0.29, 0.717) is 6.04 Å². The number of nitrogens with zero attached hydrogens (tertiary/aromatic N) is 3. The van der Waals surface area contributed by atoms with Crippen LogP contribution in [0.3, 0.4) is 0 Å². The van der Waals surface area contributed by atoms with Crippen molar-refractivity contribution in [3.05, 3.63) is 59.9 Å². The summed E-state index contributed by atoms with van der Waals surface area (Å²) in [6, 6.07) is 11.5. The molecule has 152 valence electrons. The third kappa shape index (κ3) is 4.67. The van der Waals surface area contributed by atoms with E-state index in [4.69, 9.17) is 0 Å². The Hall–Kier alpha value is -2.66. The van der Waals surface area contributed by atoms with Gasteiger partial charge in [-0.1, -0.05) is 6.07 Å². The average Bonchev–Trinajstić information content (AvgIpc) is 3.37. The molecule has 2 unspecified atom stereocenters. The van der Waals surface area contributed by atoms with E-state index in [1.807, 2.05) is 18.2 Å². The monoisotopic (exact) mass is 390 g/mol. The quantitative estimate of drug-likeness (QED) is 0.781. The van der Waals surface area contributed by atoms with Crippen LogP contribution in [0.5, 0.6) is 0 Å². The van der Waals surface area contributed by atoms with Crippen LogP contribution >= 0.6 is 0 Å². The number of likely N-dealkylation sites (tertiary alicyclic amines) is 1. The van der Waals surface area contributed by atoms with Crippen molar-refractivity contribution in [3.63, 3.8) is 0 Å². The second kappa shape index (κ2) is 8.78. The zero-order valence-electron chi connectivity index (χ0n) is 17.3. The van der Waals surface area contributed by atoms with Crippen LogP contribution in [0.4, 0.5) is 11.4 Å². The number of rotatable bonds is 5. The predicted octanol–water partition coefficient (Wildman–Crippen LogP) is 4.10. The highest BCUT2D eigenvalue weighted by molar-refractivity contribution is 6.02. The standard InChI is InChI=1S/C24H30N4O/c1-18-15-21(27-14-11-22(17-27)28-13-4-5-19(28)2)8-9-23(18)26-24(29)10-7-20-6-3-12-25-16-20/h3,6-10,12,15-16,19,22H,4-5,11,13-14,17H2,1-2H3,(H,26,29)/b10-7+. The normalized spacial score (nSPS) is 22.5. The number of carbonyl (C=O) groups excluding carboxylic acids is 1. The van der Waals surface area contributed by atoms with Gasteiger partial charge in [0.1, 0.15) is 0 Å². The number of nitrogens with one attached hydrogen (secondary N) is 1. The van der Waals surface area contributed by atoms with E-state index in [1.54, 1.807) is 24.5 Å². The van der Waals surface area contributed by atoms with Crippen molar-refractivity contribution >= 4 is 23.4 Å². The lowest BCUT2D eigenvalue weighted by molar-refractivity contribution is -0.111. The van der Waals surface area contributed by atoms with Crippen molar-refractivity contribution in [2.24, 2.45) is 0 Å². The molecule has 2 aromatic rings. The van der Waals surface area contributed by atoms with E-state index in [2.05, 4.69) is 46.1 Å². The molecule has 2 atom stereocenters. The number of amides is 1. The number of hydrogen-bond donors (Lipinski definition) is 1. The zero-order valence-corrected chi connectivity index (χ0v) is 17.3. The van der Waals surface area contributed by atoms with Gasteiger partial charge in [-0.05, 0) is 81.1 Å². The first-order valence-corrected chi connectivity index (χ1v) is 10.6. The molecule has 0 radical (unpaired) electrons. The highest BCUT2D eigenvalue weighted by Crippen LogP contribution is 2.30. The molecule has 2 saturated heterocycles. The number of carbonyl (C=O) groups is 1. The summed E-state index contributed by atoms with van der Waals surface area (Å²) in [5.41, 5.74) is 4.11. The van der Waals surface area contributed by atoms with Crippen LogP contribution in [0, 0.1) is 6.92 Å². The van der Waals surface area contributed by atoms with Crippen molar-refractivity contribution in [3.8, 4) is 0 Å². The summed E-state index contributed by atoms with van der Waals surface area (Å²) < 4.78 is 0. The summed E-state index contributed by atoms with van der Waals surface area (Å²) in [7, 11) is 0. The third-order valence-corrected chi connectivity index (χ3v) is 6.18. The van der Waals surface area contributed by atoms with Crippen molar-refractivity contribution in [2.75, 3.05) is 29.9 Å². The molecule has 2 fully saturated rings. The summed E-state index contributed by atoms with van der Waals surface area (Å²) in [6.45, 7) is 7.87. The maximum Gasteiger partial charge on any atom is 0.248 e. The second-order valence-electron chi connectivity index (χ2n) is 8.23. The van der Waals surface area contributed by atoms with Gasteiger partial charge >= 0.3 is 0 Å². The van der Waals surface area contributed by atoms with Gasteiger partial charge in [0.2, 0.25) is 5.91 Å². The molecule has 0 spiro atoms. The lowest BCUT2D eigenvalue weighted by Crippen LogP contribution is -2.39. The van der Waals surface area contributed by atoms with Gasteiger partial charge in [0.15, 0.2) is 0 Å². The Morgan fingerprint density at radius 2 is 2.14 bits per heavy atom. The van der Waals surface area contributed by atoms with Gasteiger partial charge in [0.25, 0.3) is 0 Å². The molecule has 0 bridgehead atoms. The van der Waals surface area contributed by atoms with Crippen LogP contribution in [0.1, 0.15) is 37.3 Å². The molecule has 5 nitrogen and oxygen atoms in total. The van der Waals surface area contributed by atoms with Crippen LogP contribution in [-0.2, 0) is 4.79 Å². The first kappa shape index (κ1) is 19.6. The molecule has 5 heteroatoms. The molecule has 29 heavy (non-hydrogen) atoms. The van der Waals surface area contributed by atoms with E-state index in [0.717, 1.165) is 35.9 Å². The molecular formula is C24H30N4O. The Morgan fingerprint density at radius 3 is 2.86 bits per heavy atom. The van der Waals surface area contributed by atoms with E-state index in [9.17, 15) is 4.79 Å². The molecule has 1 amide bonds. The van der Waals surface area contributed by atoms with Crippen molar-refractivity contribution in [2.45, 2.75) is 45.2 Å². The number of benzene rings is 1. The Bertz CT molecular complexity index is 880. The third-order valence-electron chi connectivity index (χ3n) is 6.18. The second-order valence-corrected chi connectivity index (χ2v) is 8.23. The largest absolute Gasteiger partial charge is 0.370 e. The van der Waals surface area contributed by atoms with Gasteiger partial charge < -0.3 is 10.2 Å². The highest BCUT2D eigenvalue weighted by Gasteiger charge is 2.32. The molecule has 2 aliphatic rings. The summed E-state index contributed by atoms with van der Waals surface area (Å²) >= 11 is 0. The Kier molecular flexibility index (Phi) is 5.95. The SMILES string of the molecule is Cc1cc(N2CCC(N3CCCC3C)C2)ccc1NC(=O)/C=C/c1cccnc1. The lowest BCUT2D eigenvalue weighted by atomic mass is 10.1. The van der Waals surface area contributed by atoms with E-state index in [1.165, 1.54) is 31.5 Å². The Labute approximate surface area is 173 Å². The van der Waals surface area contributed by atoms with Gasteiger partial charge in [-0.15, -0.1) is 0 Å². The van der Waals surface area contributed by atoms with Crippen LogP contribution in [0.25, 0.3) is 6.08 Å². The van der Waals surface area contributed by atoms with Gasteiger partial charge in [-0.2, -0.15) is 0 Å². The van der Waals surface area contributed by atoms with Gasteiger partial charge in [0, 0.05) is 55.0 Å². The van der Waals surface area contributed by atoms with E-state index < -0.39 is 0 Å². The van der Waals surface area contributed by atoms with Crippen LogP contribution in [0.2, 0.25) is 0 Å². The summed E-state index contributed by atoms with van der Waals surface area (Å²) in [4.78, 5) is 21.5. The smallest absolute Gasteiger partial charge is 0.248 e. The zero-order chi connectivity index (χ0) is 20.2. The van der Waals surface area contributed by atoms with Crippen LogP contribution < -0.4 is 10.2 Å². The summed E-state index contributed by atoms with van der Waals surface area (Å²) in [6.07, 6.45) is 10.7. The Morgan fingerprint density at radius 1 is 1.24 bits per heavy atom. The molecule has 0 aliphatic carbocycles. The highest BCUT2D eigenvalue weighted by atomic mass is 16.1. The molecule has 4 rings (SSSR count).